The molecule has 24 heavy (non-hydrogen) atoms. The summed E-state index contributed by atoms with van der Waals surface area (Å²) in [7, 11) is -3.70. The third-order valence-electron chi connectivity index (χ3n) is 4.73. The number of sulfonamides is 1. The van der Waals surface area contributed by atoms with E-state index in [2.05, 4.69) is 38.4 Å². The molecule has 5 nitrogen and oxygen atoms in total. The molecule has 1 aliphatic heterocycles. The van der Waals surface area contributed by atoms with Gasteiger partial charge in [0.1, 0.15) is 0 Å². The summed E-state index contributed by atoms with van der Waals surface area (Å²) < 4.78 is 24.3. The standard InChI is InChI=1S/C17H16BrN3O2S/c18-10-4-6-16(20-9-10)17-13-3-1-2-12(13)14-8-11(24(19,22)23)5-7-15(14)21-17/h1-2,4-9,12-13,17,21H,3H2,(H2,19,22,23)/t12-,13+,17-/m0/s1. The van der Waals surface area contributed by atoms with E-state index in [0.717, 1.165) is 27.8 Å². The van der Waals surface area contributed by atoms with Gasteiger partial charge in [-0.15, -0.1) is 0 Å². The average molecular weight is 406 g/mol. The number of aromatic nitrogens is 1. The summed E-state index contributed by atoms with van der Waals surface area (Å²) in [6, 6.07) is 9.12. The number of hydrogen-bond donors (Lipinski definition) is 2. The summed E-state index contributed by atoms with van der Waals surface area (Å²) >= 11 is 3.41. The lowest BCUT2D eigenvalue weighted by Gasteiger charge is -2.37. The van der Waals surface area contributed by atoms with Crippen LogP contribution in [0.2, 0.25) is 0 Å². The first-order valence-electron chi connectivity index (χ1n) is 7.65. The number of primary sulfonamides is 1. The van der Waals surface area contributed by atoms with E-state index in [0.29, 0.717) is 5.92 Å². The predicted molar refractivity (Wildman–Crippen MR) is 96.1 cm³/mol. The van der Waals surface area contributed by atoms with Crippen molar-refractivity contribution in [3.05, 3.63) is 64.4 Å². The molecule has 0 bridgehead atoms. The van der Waals surface area contributed by atoms with Gasteiger partial charge in [0.2, 0.25) is 10.0 Å². The largest absolute Gasteiger partial charge is 0.376 e. The molecule has 0 saturated heterocycles. The average Bonchev–Trinajstić information content (AvgIpc) is 3.03. The van der Waals surface area contributed by atoms with E-state index in [-0.39, 0.29) is 16.9 Å². The van der Waals surface area contributed by atoms with Crippen molar-refractivity contribution in [1.29, 1.82) is 0 Å². The second kappa shape index (κ2) is 5.68. The van der Waals surface area contributed by atoms with Crippen molar-refractivity contribution in [2.75, 3.05) is 5.32 Å². The van der Waals surface area contributed by atoms with E-state index in [9.17, 15) is 8.42 Å². The van der Waals surface area contributed by atoms with Crippen LogP contribution in [0.4, 0.5) is 5.69 Å². The second-order valence-corrected chi connectivity index (χ2v) is 8.65. The van der Waals surface area contributed by atoms with Crippen LogP contribution in [0.3, 0.4) is 0 Å². The Morgan fingerprint density at radius 3 is 2.79 bits per heavy atom. The maximum absolute atomic E-state index is 11.7. The smallest absolute Gasteiger partial charge is 0.238 e. The molecule has 2 aromatic rings. The Balaban J connectivity index is 1.79. The van der Waals surface area contributed by atoms with Crippen molar-refractivity contribution in [2.45, 2.75) is 23.3 Å². The van der Waals surface area contributed by atoms with Crippen LogP contribution < -0.4 is 10.5 Å². The van der Waals surface area contributed by atoms with Crippen LogP contribution in [0.5, 0.6) is 0 Å². The first-order valence-corrected chi connectivity index (χ1v) is 9.99. The summed E-state index contributed by atoms with van der Waals surface area (Å²) in [6.07, 6.45) is 7.04. The number of pyridine rings is 1. The Morgan fingerprint density at radius 1 is 1.25 bits per heavy atom. The third-order valence-corrected chi connectivity index (χ3v) is 6.11. The Labute approximate surface area is 149 Å². The van der Waals surface area contributed by atoms with Gasteiger partial charge >= 0.3 is 0 Å². The van der Waals surface area contributed by atoms with Crippen molar-refractivity contribution >= 4 is 31.6 Å². The zero-order valence-electron chi connectivity index (χ0n) is 12.7. The monoisotopic (exact) mass is 405 g/mol. The third kappa shape index (κ3) is 2.66. The fourth-order valence-electron chi connectivity index (χ4n) is 3.61. The van der Waals surface area contributed by atoms with E-state index in [1.807, 2.05) is 12.1 Å². The predicted octanol–water partition coefficient (Wildman–Crippen LogP) is 3.32. The van der Waals surface area contributed by atoms with Gasteiger partial charge in [0.25, 0.3) is 0 Å². The lowest BCUT2D eigenvalue weighted by Crippen LogP contribution is -2.30. The van der Waals surface area contributed by atoms with E-state index >= 15 is 0 Å². The summed E-state index contributed by atoms with van der Waals surface area (Å²) in [5.41, 5.74) is 2.90. The highest BCUT2D eigenvalue weighted by Gasteiger charge is 2.38. The number of halogens is 1. The molecule has 0 fully saturated rings. The number of hydrogen-bond acceptors (Lipinski definition) is 4. The zero-order chi connectivity index (χ0) is 16.9. The number of benzene rings is 1. The van der Waals surface area contributed by atoms with Crippen LogP contribution >= 0.6 is 15.9 Å². The lowest BCUT2D eigenvalue weighted by atomic mass is 9.78. The molecule has 0 unspecified atom stereocenters. The number of nitrogens with two attached hydrogens (primary N) is 1. The highest BCUT2D eigenvalue weighted by molar-refractivity contribution is 9.10. The molecule has 1 aliphatic carbocycles. The van der Waals surface area contributed by atoms with E-state index in [4.69, 9.17) is 5.14 Å². The highest BCUT2D eigenvalue weighted by atomic mass is 79.9. The Hall–Kier alpha value is -1.70. The van der Waals surface area contributed by atoms with Crippen molar-refractivity contribution in [3.8, 4) is 0 Å². The van der Waals surface area contributed by atoms with Crippen LogP contribution in [0, 0.1) is 5.92 Å². The molecule has 3 N–H and O–H groups in total. The Kier molecular flexibility index (Phi) is 3.74. The Bertz CT molecular complexity index is 925. The van der Waals surface area contributed by atoms with Gasteiger partial charge < -0.3 is 5.32 Å². The van der Waals surface area contributed by atoms with Gasteiger partial charge in [-0.25, -0.2) is 13.6 Å². The number of rotatable bonds is 2. The second-order valence-electron chi connectivity index (χ2n) is 6.17. The van der Waals surface area contributed by atoms with E-state index in [1.54, 1.807) is 24.4 Å². The van der Waals surface area contributed by atoms with Crippen molar-refractivity contribution in [2.24, 2.45) is 11.1 Å². The fraction of sp³-hybridized carbons (Fsp3) is 0.235. The van der Waals surface area contributed by atoms with Gasteiger partial charge in [-0.2, -0.15) is 0 Å². The summed E-state index contributed by atoms with van der Waals surface area (Å²) in [5.74, 6) is 0.473. The van der Waals surface area contributed by atoms with Gasteiger partial charge in [-0.3, -0.25) is 4.98 Å². The molecular formula is C17H16BrN3O2S. The zero-order valence-corrected chi connectivity index (χ0v) is 15.1. The summed E-state index contributed by atoms with van der Waals surface area (Å²) in [6.45, 7) is 0. The summed E-state index contributed by atoms with van der Waals surface area (Å²) in [5, 5.41) is 8.81. The van der Waals surface area contributed by atoms with Crippen molar-refractivity contribution < 1.29 is 8.42 Å². The molecule has 124 valence electrons. The first-order chi connectivity index (χ1) is 11.4. The first kappa shape index (κ1) is 15.8. The maximum Gasteiger partial charge on any atom is 0.238 e. The molecule has 2 aliphatic rings. The van der Waals surface area contributed by atoms with Gasteiger partial charge in [-0.1, -0.05) is 12.2 Å². The van der Waals surface area contributed by atoms with Crippen LogP contribution in [0.25, 0.3) is 0 Å². The number of fused-ring (bicyclic) bond motifs is 3. The number of allylic oxidation sites excluding steroid dienone is 2. The van der Waals surface area contributed by atoms with Crippen LogP contribution in [0.1, 0.15) is 29.6 Å². The van der Waals surface area contributed by atoms with Crippen LogP contribution in [0.15, 0.2) is 58.0 Å². The van der Waals surface area contributed by atoms with Crippen molar-refractivity contribution in [3.63, 3.8) is 0 Å². The molecule has 2 heterocycles. The normalized spacial score (nSPS) is 25.0. The molecule has 3 atom stereocenters. The molecule has 7 heteroatoms. The maximum atomic E-state index is 11.7. The topological polar surface area (TPSA) is 85.1 Å². The molecule has 1 aromatic carbocycles. The van der Waals surface area contributed by atoms with Gasteiger partial charge in [-0.05, 0) is 64.2 Å². The highest BCUT2D eigenvalue weighted by Crippen LogP contribution is 2.49. The SMILES string of the molecule is NS(=O)(=O)c1ccc2c(c1)[C@H]1C=CC[C@H]1[C@@H](c1ccc(Br)cn1)N2. The van der Waals surface area contributed by atoms with Gasteiger partial charge in [0.05, 0.1) is 16.6 Å². The molecule has 4 rings (SSSR count). The van der Waals surface area contributed by atoms with Gasteiger partial charge in [0, 0.05) is 22.3 Å². The van der Waals surface area contributed by atoms with E-state index in [1.165, 1.54) is 0 Å². The summed E-state index contributed by atoms with van der Waals surface area (Å²) in [4.78, 5) is 4.69. The lowest BCUT2D eigenvalue weighted by molar-refractivity contribution is 0.418. The molecule has 0 radical (unpaired) electrons. The molecule has 0 amide bonds. The number of anilines is 1. The molecule has 0 spiro atoms. The minimum absolute atomic E-state index is 0.0888. The Morgan fingerprint density at radius 2 is 2.08 bits per heavy atom. The number of nitrogens with one attached hydrogen (secondary N) is 1. The molecular weight excluding hydrogens is 390 g/mol. The minimum atomic E-state index is -3.70. The fourth-order valence-corrected chi connectivity index (χ4v) is 4.40. The van der Waals surface area contributed by atoms with Crippen molar-refractivity contribution in [1.82, 2.24) is 4.98 Å². The quantitative estimate of drug-likeness (QED) is 0.750. The van der Waals surface area contributed by atoms with Crippen LogP contribution in [-0.2, 0) is 10.0 Å². The molecule has 0 saturated carbocycles. The number of nitrogens with zero attached hydrogens (tertiary/aromatic N) is 1. The van der Waals surface area contributed by atoms with Gasteiger partial charge in [0.15, 0.2) is 0 Å². The minimum Gasteiger partial charge on any atom is -0.376 e. The van der Waals surface area contributed by atoms with E-state index < -0.39 is 10.0 Å². The van der Waals surface area contributed by atoms with Crippen LogP contribution in [-0.4, -0.2) is 13.4 Å². The molecule has 1 aromatic heterocycles.